The first-order valence-electron chi connectivity index (χ1n) is 7.95. The van der Waals surface area contributed by atoms with Gasteiger partial charge in [-0.2, -0.15) is 0 Å². The van der Waals surface area contributed by atoms with Gasteiger partial charge < -0.3 is 0 Å². The Morgan fingerprint density at radius 1 is 0.708 bits per heavy atom. The van der Waals surface area contributed by atoms with Crippen LogP contribution in [0.1, 0.15) is 6.92 Å². The summed E-state index contributed by atoms with van der Waals surface area (Å²) < 4.78 is 3.22. The topological polar surface area (TPSA) is 17.1 Å². The van der Waals surface area contributed by atoms with E-state index in [0.717, 1.165) is 13.1 Å². The molecule has 3 aromatic rings. The molecule has 0 aliphatic rings. The second kappa shape index (κ2) is 6.59. The van der Waals surface area contributed by atoms with Crippen molar-refractivity contribution < 1.29 is 4.79 Å². The van der Waals surface area contributed by atoms with Crippen molar-refractivity contribution in [3.05, 3.63) is 91.0 Å². The molecule has 0 unspecified atom stereocenters. The minimum atomic E-state index is -4.08. The fraction of sp³-hybridized carbons (Fsp3) is 0.0952. The number of Topliss-reactive ketones (excluding diaryl/α,β-unsaturated/α-hetero) is 1. The summed E-state index contributed by atoms with van der Waals surface area (Å²) in [5.74, 6) is 0.118. The van der Waals surface area contributed by atoms with Gasteiger partial charge in [-0.05, 0) is 0 Å². The van der Waals surface area contributed by atoms with Gasteiger partial charge in [-0.3, -0.25) is 0 Å². The van der Waals surface area contributed by atoms with Gasteiger partial charge in [0.25, 0.3) is 0 Å². The van der Waals surface area contributed by atoms with Crippen LogP contribution >= 0.6 is 9.95 Å². The van der Waals surface area contributed by atoms with E-state index in [1.54, 1.807) is 6.92 Å². The van der Waals surface area contributed by atoms with Crippen molar-refractivity contribution in [3.8, 4) is 0 Å². The predicted octanol–water partition coefficient (Wildman–Crippen LogP) is 3.44. The number of halogens is 1. The molecule has 0 saturated heterocycles. The van der Waals surface area contributed by atoms with Crippen molar-refractivity contribution in [1.29, 1.82) is 0 Å². The van der Waals surface area contributed by atoms with Gasteiger partial charge in [0, 0.05) is 0 Å². The molecule has 24 heavy (non-hydrogen) atoms. The molecular formula is C21H20AsClO. The van der Waals surface area contributed by atoms with Crippen LogP contribution in [0, 0.1) is 0 Å². The van der Waals surface area contributed by atoms with E-state index >= 15 is 0 Å². The normalized spacial score (nSPS) is 13.0. The summed E-state index contributed by atoms with van der Waals surface area (Å²) in [5, 5.41) is 0.359. The number of benzene rings is 3. The minimum absolute atomic E-state index is 0.118. The average molecular weight is 399 g/mol. The SMILES string of the molecule is CC(=O)C[As](Cl)(c1ccccc1)(c1ccccc1)c1ccccc1. The van der Waals surface area contributed by atoms with Gasteiger partial charge in [0.2, 0.25) is 0 Å². The third-order valence-electron chi connectivity index (χ3n) is 4.40. The second-order valence-electron chi connectivity index (χ2n) is 6.05. The van der Waals surface area contributed by atoms with E-state index in [4.69, 9.17) is 9.95 Å². The van der Waals surface area contributed by atoms with E-state index in [1.165, 1.54) is 0 Å². The Bertz CT molecular complexity index is 732. The quantitative estimate of drug-likeness (QED) is 0.602. The summed E-state index contributed by atoms with van der Waals surface area (Å²) in [6.45, 7) is 1.64. The Balaban J connectivity index is 2.45. The van der Waals surface area contributed by atoms with E-state index in [1.807, 2.05) is 54.6 Å². The molecule has 0 atom stereocenters. The number of carbonyl (C=O) groups excluding carboxylic acids is 1. The predicted molar refractivity (Wildman–Crippen MR) is 105 cm³/mol. The van der Waals surface area contributed by atoms with Crippen molar-refractivity contribution in [2.45, 2.75) is 12.1 Å². The summed E-state index contributed by atoms with van der Waals surface area (Å²) in [7, 11) is 7.73. The fourth-order valence-corrected chi connectivity index (χ4v) is 15.8. The van der Waals surface area contributed by atoms with Crippen molar-refractivity contribution >= 4 is 40.3 Å². The average Bonchev–Trinajstić information content (AvgIpc) is 2.63. The summed E-state index contributed by atoms with van der Waals surface area (Å²) in [6.07, 6.45) is 0. The van der Waals surface area contributed by atoms with Crippen LogP contribution in [0.4, 0.5) is 0 Å². The van der Waals surface area contributed by atoms with Gasteiger partial charge in [0.05, 0.1) is 0 Å². The van der Waals surface area contributed by atoms with Gasteiger partial charge in [-0.15, -0.1) is 0 Å². The molecule has 0 saturated carbocycles. The molecule has 3 aromatic carbocycles. The fourth-order valence-electron chi connectivity index (χ4n) is 3.36. The van der Waals surface area contributed by atoms with Crippen LogP contribution in [0.25, 0.3) is 0 Å². The molecule has 0 amide bonds. The Kier molecular flexibility index (Phi) is 4.67. The Hall–Kier alpha value is -1.82. The monoisotopic (exact) mass is 398 g/mol. The van der Waals surface area contributed by atoms with Gasteiger partial charge in [0.1, 0.15) is 0 Å². The third-order valence-corrected chi connectivity index (χ3v) is 18.9. The molecule has 0 N–H and O–H groups in total. The van der Waals surface area contributed by atoms with Crippen LogP contribution in [0.2, 0.25) is 5.21 Å². The standard InChI is InChI=1S/C21H20AsClO/c1-18(24)17-22(23,19-11-5-2-6-12-19,20-13-7-3-8-14-20)21-15-9-4-10-16-21/h2-16H,17H2,1H3. The molecule has 0 aliphatic carbocycles. The molecule has 122 valence electrons. The van der Waals surface area contributed by atoms with E-state index in [9.17, 15) is 4.79 Å². The van der Waals surface area contributed by atoms with E-state index < -0.39 is 11.5 Å². The first kappa shape index (κ1) is 17.0. The molecule has 0 heterocycles. The summed E-state index contributed by atoms with van der Waals surface area (Å²) in [6, 6.07) is 30.4. The number of rotatable bonds is 5. The molecule has 1 nitrogen and oxygen atoms in total. The van der Waals surface area contributed by atoms with E-state index in [0.29, 0.717) is 5.21 Å². The van der Waals surface area contributed by atoms with Crippen molar-refractivity contribution in [3.63, 3.8) is 0 Å². The molecule has 0 aliphatic heterocycles. The summed E-state index contributed by atoms with van der Waals surface area (Å²) in [5.41, 5.74) is 0. The van der Waals surface area contributed by atoms with Crippen LogP contribution in [0.15, 0.2) is 91.0 Å². The first-order valence-corrected chi connectivity index (χ1v) is 14.6. The van der Waals surface area contributed by atoms with Gasteiger partial charge in [0.15, 0.2) is 0 Å². The number of carbonyl (C=O) groups is 1. The van der Waals surface area contributed by atoms with Crippen LogP contribution < -0.4 is 13.1 Å². The Labute approximate surface area is 148 Å². The molecule has 3 heteroatoms. The van der Waals surface area contributed by atoms with Gasteiger partial charge in [-0.1, -0.05) is 0 Å². The van der Waals surface area contributed by atoms with Crippen LogP contribution in [-0.2, 0) is 4.79 Å². The first-order chi connectivity index (χ1) is 11.6. The van der Waals surface area contributed by atoms with E-state index in [2.05, 4.69) is 36.4 Å². The maximum absolute atomic E-state index is 12.3. The van der Waals surface area contributed by atoms with Gasteiger partial charge in [-0.25, -0.2) is 0 Å². The molecule has 0 radical (unpaired) electrons. The second-order valence-corrected chi connectivity index (χ2v) is 18.8. The van der Waals surface area contributed by atoms with Crippen molar-refractivity contribution in [2.75, 3.05) is 0 Å². The molecule has 0 spiro atoms. The van der Waals surface area contributed by atoms with E-state index in [-0.39, 0.29) is 5.78 Å². The van der Waals surface area contributed by atoms with Crippen molar-refractivity contribution in [2.24, 2.45) is 0 Å². The summed E-state index contributed by atoms with van der Waals surface area (Å²) in [4.78, 5) is 12.3. The van der Waals surface area contributed by atoms with Crippen molar-refractivity contribution in [1.82, 2.24) is 0 Å². The molecule has 0 aromatic heterocycles. The zero-order valence-electron chi connectivity index (χ0n) is 13.6. The Morgan fingerprint density at radius 3 is 1.25 bits per heavy atom. The number of hydrogen-bond acceptors (Lipinski definition) is 1. The van der Waals surface area contributed by atoms with Crippen LogP contribution in [0.3, 0.4) is 0 Å². The summed E-state index contributed by atoms with van der Waals surface area (Å²) >= 11 is -4.08. The number of hydrogen-bond donors (Lipinski definition) is 0. The molecule has 0 bridgehead atoms. The number of ketones is 1. The molecule has 0 fully saturated rings. The third kappa shape index (κ3) is 2.73. The van der Waals surface area contributed by atoms with Gasteiger partial charge >= 0.3 is 148 Å². The molecular weight excluding hydrogens is 379 g/mol. The van der Waals surface area contributed by atoms with Crippen LogP contribution in [0.5, 0.6) is 0 Å². The van der Waals surface area contributed by atoms with Crippen LogP contribution in [-0.4, -0.2) is 17.3 Å². The zero-order valence-corrected chi connectivity index (χ0v) is 16.2. The molecule has 3 rings (SSSR count). The zero-order chi connectivity index (χ0) is 17.1. The Morgan fingerprint density at radius 2 is 1.00 bits per heavy atom. The maximum atomic E-state index is 12.3.